The zero-order chi connectivity index (χ0) is 23.3. The van der Waals surface area contributed by atoms with Gasteiger partial charge in [-0.2, -0.15) is 0 Å². The van der Waals surface area contributed by atoms with Crippen LogP contribution in [0.3, 0.4) is 0 Å². The fraction of sp³-hybridized carbons (Fsp3) is 0.280. The average Bonchev–Trinajstić information content (AvgIpc) is 3.38. The molecule has 1 saturated heterocycles. The number of benzene rings is 2. The molecule has 1 aliphatic heterocycles. The Balaban J connectivity index is 1.30. The molecule has 174 valence electrons. The molecular weight excluding hydrogens is 448 g/mol. The van der Waals surface area contributed by atoms with Gasteiger partial charge in [-0.1, -0.05) is 12.1 Å². The SMILES string of the molecule is Cc1ccc(C(=O)Nc2nccs2)cc1-c1ccc2nc(NCCN3CCOCC3)ncc2c1. The number of morpholine rings is 1. The topological polar surface area (TPSA) is 92.3 Å². The van der Waals surface area contributed by atoms with E-state index in [2.05, 4.69) is 36.6 Å². The first kappa shape index (κ1) is 22.4. The summed E-state index contributed by atoms with van der Waals surface area (Å²) in [6.07, 6.45) is 3.51. The Hall–Kier alpha value is -3.40. The Morgan fingerprint density at radius 3 is 2.85 bits per heavy atom. The lowest BCUT2D eigenvalue weighted by molar-refractivity contribution is 0.0398. The van der Waals surface area contributed by atoms with E-state index in [0.29, 0.717) is 16.6 Å². The van der Waals surface area contributed by atoms with Crippen LogP contribution in [0.1, 0.15) is 15.9 Å². The van der Waals surface area contributed by atoms with Crippen molar-refractivity contribution in [3.8, 4) is 11.1 Å². The third-order valence-corrected chi connectivity index (χ3v) is 6.55. The van der Waals surface area contributed by atoms with Crippen LogP contribution in [0.25, 0.3) is 22.0 Å². The highest BCUT2D eigenvalue weighted by Gasteiger charge is 2.12. The van der Waals surface area contributed by atoms with Crippen molar-refractivity contribution in [2.75, 3.05) is 50.0 Å². The van der Waals surface area contributed by atoms with Crippen LogP contribution in [-0.2, 0) is 4.74 Å². The molecule has 34 heavy (non-hydrogen) atoms. The first-order valence-electron chi connectivity index (χ1n) is 11.3. The summed E-state index contributed by atoms with van der Waals surface area (Å²) >= 11 is 1.39. The van der Waals surface area contributed by atoms with Gasteiger partial charge in [-0.3, -0.25) is 15.0 Å². The van der Waals surface area contributed by atoms with Crippen molar-refractivity contribution in [3.63, 3.8) is 0 Å². The fourth-order valence-corrected chi connectivity index (χ4v) is 4.49. The van der Waals surface area contributed by atoms with Gasteiger partial charge in [0.15, 0.2) is 5.13 Å². The molecule has 0 atom stereocenters. The molecule has 4 aromatic rings. The highest BCUT2D eigenvalue weighted by atomic mass is 32.1. The van der Waals surface area contributed by atoms with E-state index in [1.807, 2.05) is 48.8 Å². The summed E-state index contributed by atoms with van der Waals surface area (Å²) in [5.74, 6) is 0.457. The van der Waals surface area contributed by atoms with E-state index in [0.717, 1.165) is 67.0 Å². The fourth-order valence-electron chi connectivity index (χ4n) is 3.97. The number of carbonyl (C=O) groups is 1. The number of thiazole rings is 1. The number of ether oxygens (including phenoxy) is 1. The van der Waals surface area contributed by atoms with E-state index >= 15 is 0 Å². The third-order valence-electron chi connectivity index (χ3n) is 5.86. The lowest BCUT2D eigenvalue weighted by Crippen LogP contribution is -2.39. The van der Waals surface area contributed by atoms with E-state index < -0.39 is 0 Å². The second kappa shape index (κ2) is 10.3. The van der Waals surface area contributed by atoms with Crippen LogP contribution in [0, 0.1) is 6.92 Å². The lowest BCUT2D eigenvalue weighted by Gasteiger charge is -2.26. The molecule has 2 N–H and O–H groups in total. The zero-order valence-corrected chi connectivity index (χ0v) is 19.8. The van der Waals surface area contributed by atoms with Crippen molar-refractivity contribution < 1.29 is 9.53 Å². The van der Waals surface area contributed by atoms with Crippen LogP contribution in [0.15, 0.2) is 54.2 Å². The monoisotopic (exact) mass is 474 g/mol. The second-order valence-electron chi connectivity index (χ2n) is 8.17. The Labute approximate surface area is 202 Å². The van der Waals surface area contributed by atoms with Gasteiger partial charge in [-0.25, -0.2) is 15.0 Å². The van der Waals surface area contributed by atoms with Crippen molar-refractivity contribution >= 4 is 39.2 Å². The molecular formula is C25H26N6O2S. The molecule has 1 amide bonds. The molecule has 0 spiro atoms. The number of hydrogen-bond acceptors (Lipinski definition) is 8. The maximum atomic E-state index is 12.7. The number of fused-ring (bicyclic) bond motifs is 1. The second-order valence-corrected chi connectivity index (χ2v) is 9.06. The Morgan fingerprint density at radius 1 is 1.15 bits per heavy atom. The number of hydrogen-bond donors (Lipinski definition) is 2. The van der Waals surface area contributed by atoms with Gasteiger partial charge in [0.05, 0.1) is 18.7 Å². The molecule has 2 aromatic heterocycles. The first-order chi connectivity index (χ1) is 16.7. The molecule has 1 aliphatic rings. The Bertz CT molecular complexity index is 1290. The van der Waals surface area contributed by atoms with Gasteiger partial charge in [-0.15, -0.1) is 11.3 Å². The van der Waals surface area contributed by atoms with Gasteiger partial charge >= 0.3 is 0 Å². The summed E-state index contributed by atoms with van der Waals surface area (Å²) in [4.78, 5) is 28.3. The van der Waals surface area contributed by atoms with E-state index in [4.69, 9.17) is 4.74 Å². The number of aromatic nitrogens is 3. The zero-order valence-electron chi connectivity index (χ0n) is 19.0. The molecule has 5 rings (SSSR count). The molecule has 0 bridgehead atoms. The van der Waals surface area contributed by atoms with E-state index in [1.165, 1.54) is 11.3 Å². The molecule has 3 heterocycles. The standard InChI is InChI=1S/C25H26N6O2S/c1-17-2-3-19(23(32)30-25-27-7-13-34-25)15-21(17)18-4-5-22-20(14-18)16-28-24(29-22)26-6-8-31-9-11-33-12-10-31/h2-5,7,13-16H,6,8-12H2,1H3,(H,26,28,29)(H,27,30,32). The minimum atomic E-state index is -0.173. The number of carbonyl (C=O) groups excluding carboxylic acids is 1. The predicted molar refractivity (Wildman–Crippen MR) is 136 cm³/mol. The lowest BCUT2D eigenvalue weighted by atomic mass is 9.97. The van der Waals surface area contributed by atoms with Crippen molar-refractivity contribution in [3.05, 3.63) is 65.3 Å². The summed E-state index contributed by atoms with van der Waals surface area (Å²) in [6.45, 7) is 7.31. The summed E-state index contributed by atoms with van der Waals surface area (Å²) < 4.78 is 5.39. The number of aryl methyl sites for hydroxylation is 1. The molecule has 8 nitrogen and oxygen atoms in total. The summed E-state index contributed by atoms with van der Waals surface area (Å²) in [6, 6.07) is 11.8. The van der Waals surface area contributed by atoms with Crippen molar-refractivity contribution in [2.45, 2.75) is 6.92 Å². The Morgan fingerprint density at radius 2 is 2.03 bits per heavy atom. The number of nitrogens with one attached hydrogen (secondary N) is 2. The van der Waals surface area contributed by atoms with Crippen molar-refractivity contribution in [1.29, 1.82) is 0 Å². The highest BCUT2D eigenvalue weighted by Crippen LogP contribution is 2.28. The number of nitrogens with zero attached hydrogens (tertiary/aromatic N) is 4. The summed E-state index contributed by atoms with van der Waals surface area (Å²) in [5.41, 5.74) is 4.58. The van der Waals surface area contributed by atoms with Crippen molar-refractivity contribution in [2.24, 2.45) is 0 Å². The van der Waals surface area contributed by atoms with Crippen LogP contribution >= 0.6 is 11.3 Å². The first-order valence-corrected chi connectivity index (χ1v) is 12.2. The largest absolute Gasteiger partial charge is 0.379 e. The molecule has 2 aromatic carbocycles. The number of amides is 1. The minimum absolute atomic E-state index is 0.173. The molecule has 0 saturated carbocycles. The normalized spacial score (nSPS) is 14.3. The van der Waals surface area contributed by atoms with Gasteiger partial charge in [0.1, 0.15) is 0 Å². The summed E-state index contributed by atoms with van der Waals surface area (Å²) in [5, 5.41) is 9.54. The molecule has 1 fully saturated rings. The van der Waals surface area contributed by atoms with Gasteiger partial charge < -0.3 is 10.1 Å². The van der Waals surface area contributed by atoms with Crippen LogP contribution in [-0.4, -0.2) is 65.2 Å². The highest BCUT2D eigenvalue weighted by molar-refractivity contribution is 7.13. The smallest absolute Gasteiger partial charge is 0.257 e. The van der Waals surface area contributed by atoms with Gasteiger partial charge in [0, 0.05) is 54.9 Å². The average molecular weight is 475 g/mol. The van der Waals surface area contributed by atoms with Gasteiger partial charge in [0.25, 0.3) is 5.91 Å². The quantitative estimate of drug-likeness (QED) is 0.417. The summed E-state index contributed by atoms with van der Waals surface area (Å²) in [7, 11) is 0. The van der Waals surface area contributed by atoms with Crippen LogP contribution in [0.2, 0.25) is 0 Å². The molecule has 0 radical (unpaired) electrons. The molecule has 9 heteroatoms. The maximum absolute atomic E-state index is 12.7. The minimum Gasteiger partial charge on any atom is -0.379 e. The maximum Gasteiger partial charge on any atom is 0.257 e. The van der Waals surface area contributed by atoms with Gasteiger partial charge in [0.2, 0.25) is 5.95 Å². The molecule has 0 unspecified atom stereocenters. The number of rotatable bonds is 7. The predicted octanol–water partition coefficient (Wildman–Crippen LogP) is 4.06. The van der Waals surface area contributed by atoms with Crippen LogP contribution < -0.4 is 10.6 Å². The molecule has 0 aliphatic carbocycles. The third kappa shape index (κ3) is 5.22. The van der Waals surface area contributed by atoms with E-state index in [1.54, 1.807) is 6.20 Å². The van der Waals surface area contributed by atoms with Gasteiger partial charge in [-0.05, 0) is 47.9 Å². The van der Waals surface area contributed by atoms with Crippen LogP contribution in [0.5, 0.6) is 0 Å². The van der Waals surface area contributed by atoms with E-state index in [-0.39, 0.29) is 5.91 Å². The Kier molecular flexibility index (Phi) is 6.75. The van der Waals surface area contributed by atoms with E-state index in [9.17, 15) is 4.79 Å². The number of anilines is 2. The van der Waals surface area contributed by atoms with Crippen molar-refractivity contribution in [1.82, 2.24) is 19.9 Å². The van der Waals surface area contributed by atoms with Crippen LogP contribution in [0.4, 0.5) is 11.1 Å².